The molecule has 2 N–H and O–H groups in total. The largest absolute Gasteiger partial charge is 0.760 e. The number of nitrogens with zero attached hydrogens (tertiary/aromatic N) is 1. The molecule has 0 aromatic rings. The van der Waals surface area contributed by atoms with E-state index >= 15 is 0 Å². The number of hydrogen-bond donors (Lipinski definition) is 2. The summed E-state index contributed by atoms with van der Waals surface area (Å²) in [6.07, 6.45) is -0.640. The van der Waals surface area contributed by atoms with Crippen LogP contribution in [0.3, 0.4) is 0 Å². The lowest BCUT2D eigenvalue weighted by Gasteiger charge is -2.30. The Labute approximate surface area is 106 Å². The molecule has 1 aliphatic heterocycles. The molecule has 1 rings (SSSR count). The predicted molar refractivity (Wildman–Crippen MR) is 58.9 cm³/mol. The molecule has 1 saturated heterocycles. The Kier molecular flexibility index (Phi) is 4.77. The van der Waals surface area contributed by atoms with Crippen molar-refractivity contribution in [1.29, 1.82) is 0 Å². The monoisotopic (exact) mass is 350 g/mol. The van der Waals surface area contributed by atoms with Gasteiger partial charge in [0.2, 0.25) is 0 Å². The lowest BCUT2D eigenvalue weighted by atomic mass is 10.0. The Morgan fingerprint density at radius 1 is 1.86 bits per heavy atom. The van der Waals surface area contributed by atoms with Gasteiger partial charge in [0.15, 0.2) is 0 Å². The van der Waals surface area contributed by atoms with Gasteiger partial charge >= 0.3 is 16.6 Å². The molecule has 0 aliphatic carbocycles. The van der Waals surface area contributed by atoms with Crippen LogP contribution < -0.4 is 0 Å². The van der Waals surface area contributed by atoms with Crippen molar-refractivity contribution in [1.82, 2.24) is 4.31 Å². The standard InChI is InChI=1S/C5H9INO5S.Al.2H/c6-4(9)5(10)2-7(13(11)12)1-3(5)8;;;/h3-4,9-10H,1-2H2,(H,11,12);;;/q-1;+1;;/p-1/t3-,4+,5-;;;/m0.../s1. The van der Waals surface area contributed by atoms with Gasteiger partial charge in [-0.05, 0) is 22.6 Å². The van der Waals surface area contributed by atoms with Gasteiger partial charge in [-0.1, -0.05) is 0 Å². The fraction of sp³-hybridized carbons (Fsp3) is 1.00. The summed E-state index contributed by atoms with van der Waals surface area (Å²) in [5, 5.41) is 19.3. The van der Waals surface area contributed by atoms with Crippen LogP contribution in [0, 0.1) is 0 Å². The number of aliphatic hydroxyl groups excluding tert-OH is 1. The lowest BCUT2D eigenvalue weighted by molar-refractivity contribution is -0.0701. The van der Waals surface area contributed by atoms with Crippen molar-refractivity contribution >= 4 is 50.5 Å². The summed E-state index contributed by atoms with van der Waals surface area (Å²) >= 11 is -0.352. The first-order chi connectivity index (χ1) is 6.41. The number of alkyl halides is 1. The number of hydrogen-bond acceptors (Lipinski definition) is 5. The average Bonchev–Trinajstić information content (AvgIpc) is 2.44. The maximum absolute atomic E-state index is 10.7. The second-order valence-electron chi connectivity index (χ2n) is 3.09. The normalized spacial score (nSPS) is 38.4. The van der Waals surface area contributed by atoms with Crippen LogP contribution in [0.4, 0.5) is 0 Å². The second-order valence-corrected chi connectivity index (χ2v) is 5.69. The van der Waals surface area contributed by atoms with Crippen molar-refractivity contribution in [3.05, 3.63) is 0 Å². The van der Waals surface area contributed by atoms with E-state index in [0.29, 0.717) is 16.6 Å². The topological polar surface area (TPSA) is 93.1 Å². The number of β-amino-alcohol motifs (C(OH)–C–C–N with tert-alkyl or cyclic N) is 1. The molecule has 82 valence electrons. The summed E-state index contributed by atoms with van der Waals surface area (Å²) in [5.74, 6) is 0. The SMILES string of the molecule is O=S([O-])N1C[C@H]([O][AlH2])[C@](O)([C@@H](O)I)C1. The van der Waals surface area contributed by atoms with Crippen molar-refractivity contribution in [2.75, 3.05) is 13.1 Å². The van der Waals surface area contributed by atoms with Crippen molar-refractivity contribution in [3.8, 4) is 0 Å². The van der Waals surface area contributed by atoms with Crippen molar-refractivity contribution < 1.29 is 22.8 Å². The van der Waals surface area contributed by atoms with E-state index in [1.54, 1.807) is 22.6 Å². The molecule has 0 spiro atoms. The molecule has 1 fully saturated rings. The molecule has 14 heavy (non-hydrogen) atoms. The van der Waals surface area contributed by atoms with Crippen LogP contribution in [0.25, 0.3) is 0 Å². The molecule has 0 saturated carbocycles. The molecule has 9 heteroatoms. The number of halogens is 1. The van der Waals surface area contributed by atoms with Crippen molar-refractivity contribution in [3.63, 3.8) is 0 Å². The summed E-state index contributed by atoms with van der Waals surface area (Å²) in [7, 11) is 0. The van der Waals surface area contributed by atoms with E-state index in [9.17, 15) is 19.0 Å². The summed E-state index contributed by atoms with van der Waals surface area (Å²) in [6.45, 7) is -0.0315. The van der Waals surface area contributed by atoms with E-state index in [-0.39, 0.29) is 13.1 Å². The number of rotatable bonds is 3. The highest BCUT2D eigenvalue weighted by Gasteiger charge is 2.49. The fourth-order valence-electron chi connectivity index (χ4n) is 1.41. The van der Waals surface area contributed by atoms with Gasteiger partial charge in [0.1, 0.15) is 9.71 Å². The van der Waals surface area contributed by atoms with Crippen LogP contribution in [-0.2, 0) is 15.1 Å². The third-order valence-electron chi connectivity index (χ3n) is 2.26. The van der Waals surface area contributed by atoms with Gasteiger partial charge in [0, 0.05) is 24.4 Å². The average molecular weight is 350 g/mol. The van der Waals surface area contributed by atoms with Crippen LogP contribution in [0.1, 0.15) is 0 Å². The third kappa shape index (κ3) is 2.48. The van der Waals surface area contributed by atoms with Gasteiger partial charge in [-0.15, -0.1) is 0 Å². The maximum Gasteiger partial charge on any atom is 0.410 e. The Hall–Kier alpha value is 1.21. The van der Waals surface area contributed by atoms with Crippen LogP contribution >= 0.6 is 22.6 Å². The Morgan fingerprint density at radius 3 is 2.71 bits per heavy atom. The highest BCUT2D eigenvalue weighted by Crippen LogP contribution is 2.30. The van der Waals surface area contributed by atoms with Crippen LogP contribution in [-0.4, -0.2) is 68.8 Å². The van der Waals surface area contributed by atoms with E-state index in [1.165, 1.54) is 0 Å². The first-order valence-electron chi connectivity index (χ1n) is 3.83. The summed E-state index contributed by atoms with van der Waals surface area (Å²) < 4.78 is 26.4. The Balaban J connectivity index is 2.81. The maximum atomic E-state index is 10.7. The highest BCUT2D eigenvalue weighted by atomic mass is 127. The molecule has 0 aromatic carbocycles. The fourth-order valence-corrected chi connectivity index (χ4v) is 3.14. The summed E-state index contributed by atoms with van der Waals surface area (Å²) in [4.78, 5) is 0. The van der Waals surface area contributed by atoms with Crippen LogP contribution in [0.2, 0.25) is 0 Å². The Morgan fingerprint density at radius 2 is 2.43 bits per heavy atom. The zero-order valence-electron chi connectivity index (χ0n) is 7.42. The molecule has 0 amide bonds. The molecule has 1 unspecified atom stereocenters. The van der Waals surface area contributed by atoms with Gasteiger partial charge in [0.25, 0.3) is 0 Å². The second kappa shape index (κ2) is 5.03. The van der Waals surface area contributed by atoms with Crippen molar-refractivity contribution in [2.24, 2.45) is 0 Å². The molecule has 0 bridgehead atoms. The van der Waals surface area contributed by atoms with Crippen LogP contribution in [0.5, 0.6) is 0 Å². The van der Waals surface area contributed by atoms with E-state index in [0.717, 1.165) is 4.31 Å². The van der Waals surface area contributed by atoms with Gasteiger partial charge in [-0.25, -0.2) is 4.31 Å². The molecule has 1 aliphatic rings. The molecular formula is C5H10AlINO5S-. The Bertz CT molecular complexity index is 244. The van der Waals surface area contributed by atoms with Gasteiger partial charge < -0.3 is 18.6 Å². The van der Waals surface area contributed by atoms with E-state index < -0.39 is 27.1 Å². The molecule has 4 atom stereocenters. The van der Waals surface area contributed by atoms with Crippen LogP contribution in [0.15, 0.2) is 0 Å². The quantitative estimate of drug-likeness (QED) is 0.254. The number of aliphatic hydroxyl groups is 2. The molecular weight excluding hydrogens is 340 g/mol. The van der Waals surface area contributed by atoms with Gasteiger partial charge in [-0.3, -0.25) is 4.21 Å². The summed E-state index contributed by atoms with van der Waals surface area (Å²) in [5.41, 5.74) is -1.50. The minimum atomic E-state index is -2.38. The minimum Gasteiger partial charge on any atom is -0.760 e. The predicted octanol–water partition coefficient (Wildman–Crippen LogP) is -2.49. The third-order valence-corrected chi connectivity index (χ3v) is 4.61. The minimum absolute atomic E-state index is 0.0934. The molecule has 0 aromatic heterocycles. The molecule has 0 radical (unpaired) electrons. The zero-order valence-corrected chi connectivity index (χ0v) is 12.4. The van der Waals surface area contributed by atoms with Gasteiger partial charge in [-0.2, -0.15) is 0 Å². The summed E-state index contributed by atoms with van der Waals surface area (Å²) in [6, 6.07) is 0. The first kappa shape index (κ1) is 13.3. The zero-order chi connectivity index (χ0) is 10.9. The van der Waals surface area contributed by atoms with E-state index in [4.69, 9.17) is 3.79 Å². The smallest absolute Gasteiger partial charge is 0.410 e. The molecule has 6 nitrogen and oxygen atoms in total. The van der Waals surface area contributed by atoms with E-state index in [1.807, 2.05) is 0 Å². The highest BCUT2D eigenvalue weighted by molar-refractivity contribution is 14.1. The van der Waals surface area contributed by atoms with E-state index in [2.05, 4.69) is 0 Å². The van der Waals surface area contributed by atoms with Gasteiger partial charge in [0.05, 0.1) is 6.10 Å². The van der Waals surface area contributed by atoms with Crippen molar-refractivity contribution in [2.45, 2.75) is 15.8 Å². The first-order valence-corrected chi connectivity index (χ1v) is 6.93. The lowest BCUT2D eigenvalue weighted by Crippen LogP contribution is -2.50. The molecule has 1 heterocycles.